The quantitative estimate of drug-likeness (QED) is 0.642. The van der Waals surface area contributed by atoms with Gasteiger partial charge in [-0.3, -0.25) is 10.1 Å². The van der Waals surface area contributed by atoms with E-state index < -0.39 is 0 Å². The van der Waals surface area contributed by atoms with Crippen LogP contribution in [0, 0.1) is 6.92 Å². The van der Waals surface area contributed by atoms with Gasteiger partial charge >= 0.3 is 0 Å². The van der Waals surface area contributed by atoms with Crippen molar-refractivity contribution in [2.45, 2.75) is 33.1 Å². The molecule has 3 aromatic rings. The molecule has 0 fully saturated rings. The maximum Gasteiger partial charge on any atom is 0.264 e. The minimum atomic E-state index is -0.222. The van der Waals surface area contributed by atoms with E-state index in [2.05, 4.69) is 31.1 Å². The van der Waals surface area contributed by atoms with Crippen LogP contribution in [-0.2, 0) is 10.2 Å². The lowest BCUT2D eigenvalue weighted by molar-refractivity contribution is -0.118. The number of carbonyl (C=O) groups is 1. The number of aromatic nitrogens is 1. The third-order valence-corrected chi connectivity index (χ3v) is 4.95. The van der Waals surface area contributed by atoms with Crippen LogP contribution >= 0.6 is 11.3 Å². The van der Waals surface area contributed by atoms with Crippen molar-refractivity contribution in [2.75, 3.05) is 11.9 Å². The van der Waals surface area contributed by atoms with Crippen LogP contribution < -0.4 is 10.1 Å². The van der Waals surface area contributed by atoms with E-state index in [-0.39, 0.29) is 17.9 Å². The summed E-state index contributed by atoms with van der Waals surface area (Å²) in [5.74, 6) is 0.456. The zero-order chi connectivity index (χ0) is 19.4. The van der Waals surface area contributed by atoms with Gasteiger partial charge in [-0.25, -0.2) is 4.98 Å². The van der Waals surface area contributed by atoms with Gasteiger partial charge in [0.05, 0.1) is 5.69 Å². The second-order valence-electron chi connectivity index (χ2n) is 7.52. The Bertz CT molecular complexity index is 907. The number of thiazole rings is 1. The SMILES string of the molecule is Cc1ccc(-c2csc(NC(=O)COc3ccc(C(C)(C)C)cc3)n2)cc1. The van der Waals surface area contributed by atoms with E-state index in [4.69, 9.17) is 4.74 Å². The Hall–Kier alpha value is -2.66. The topological polar surface area (TPSA) is 51.2 Å². The molecule has 2 aromatic carbocycles. The van der Waals surface area contributed by atoms with E-state index in [0.29, 0.717) is 10.9 Å². The molecule has 0 aliphatic rings. The standard InChI is InChI=1S/C22H24N2O2S/c1-15-5-7-16(8-6-15)19-14-27-21(23-19)24-20(25)13-26-18-11-9-17(10-12-18)22(2,3)4/h5-12,14H,13H2,1-4H3,(H,23,24,25). The smallest absolute Gasteiger partial charge is 0.264 e. The number of amides is 1. The van der Waals surface area contributed by atoms with Gasteiger partial charge in [0.15, 0.2) is 11.7 Å². The summed E-state index contributed by atoms with van der Waals surface area (Å²) >= 11 is 1.40. The first-order valence-electron chi connectivity index (χ1n) is 8.87. The van der Waals surface area contributed by atoms with Gasteiger partial charge in [0.2, 0.25) is 0 Å². The van der Waals surface area contributed by atoms with Crippen LogP contribution in [0.5, 0.6) is 5.75 Å². The Kier molecular flexibility index (Phi) is 5.61. The van der Waals surface area contributed by atoms with E-state index in [1.54, 1.807) is 0 Å². The number of aryl methyl sites for hydroxylation is 1. The second-order valence-corrected chi connectivity index (χ2v) is 8.37. The van der Waals surface area contributed by atoms with Crippen molar-refractivity contribution in [1.82, 2.24) is 4.98 Å². The number of benzene rings is 2. The van der Waals surface area contributed by atoms with Gasteiger partial charge < -0.3 is 4.74 Å². The summed E-state index contributed by atoms with van der Waals surface area (Å²) < 4.78 is 5.58. The average molecular weight is 381 g/mol. The number of nitrogens with zero attached hydrogens (tertiary/aromatic N) is 1. The van der Waals surface area contributed by atoms with Crippen LogP contribution in [0.1, 0.15) is 31.9 Å². The highest BCUT2D eigenvalue weighted by molar-refractivity contribution is 7.14. The highest BCUT2D eigenvalue weighted by Crippen LogP contribution is 2.26. The first kappa shape index (κ1) is 19.1. The van der Waals surface area contributed by atoms with E-state index >= 15 is 0 Å². The van der Waals surface area contributed by atoms with Crippen molar-refractivity contribution in [3.63, 3.8) is 0 Å². The highest BCUT2D eigenvalue weighted by atomic mass is 32.1. The number of carbonyl (C=O) groups excluding carboxylic acids is 1. The zero-order valence-electron chi connectivity index (χ0n) is 16.1. The summed E-state index contributed by atoms with van der Waals surface area (Å²) in [7, 11) is 0. The molecule has 1 heterocycles. The fraction of sp³-hybridized carbons (Fsp3) is 0.273. The maximum atomic E-state index is 12.1. The molecule has 0 saturated heterocycles. The second kappa shape index (κ2) is 7.92. The van der Waals surface area contributed by atoms with E-state index in [9.17, 15) is 4.79 Å². The largest absolute Gasteiger partial charge is 0.484 e. The summed E-state index contributed by atoms with van der Waals surface area (Å²) in [5.41, 5.74) is 4.41. The average Bonchev–Trinajstić information content (AvgIpc) is 3.08. The third-order valence-electron chi connectivity index (χ3n) is 4.19. The van der Waals surface area contributed by atoms with Gasteiger partial charge in [-0.2, -0.15) is 0 Å². The molecule has 0 radical (unpaired) electrons. The lowest BCUT2D eigenvalue weighted by Gasteiger charge is -2.19. The lowest BCUT2D eigenvalue weighted by Crippen LogP contribution is -2.20. The summed E-state index contributed by atoms with van der Waals surface area (Å²) in [6, 6.07) is 16.0. The normalized spacial score (nSPS) is 11.3. The molecular formula is C22H24N2O2S. The molecule has 1 aromatic heterocycles. The van der Waals surface area contributed by atoms with Crippen LogP contribution in [-0.4, -0.2) is 17.5 Å². The Morgan fingerprint density at radius 3 is 2.37 bits per heavy atom. The van der Waals surface area contributed by atoms with E-state index in [0.717, 1.165) is 11.3 Å². The number of nitrogens with one attached hydrogen (secondary N) is 1. The molecule has 1 N–H and O–H groups in total. The van der Waals surface area contributed by atoms with Crippen LogP contribution in [0.4, 0.5) is 5.13 Å². The first-order valence-corrected chi connectivity index (χ1v) is 9.75. The summed E-state index contributed by atoms with van der Waals surface area (Å²) in [4.78, 5) is 16.6. The Balaban J connectivity index is 1.54. The van der Waals surface area contributed by atoms with Crippen LogP contribution in [0.25, 0.3) is 11.3 Å². The zero-order valence-corrected chi connectivity index (χ0v) is 16.9. The molecule has 0 spiro atoms. The molecule has 0 aliphatic carbocycles. The Labute approximate surface area is 164 Å². The lowest BCUT2D eigenvalue weighted by atomic mass is 9.87. The number of anilines is 1. The number of rotatable bonds is 5. The number of hydrogen-bond acceptors (Lipinski definition) is 4. The molecule has 0 bridgehead atoms. The predicted molar refractivity (Wildman–Crippen MR) is 112 cm³/mol. The third kappa shape index (κ3) is 5.17. The fourth-order valence-corrected chi connectivity index (χ4v) is 3.28. The molecule has 0 saturated carbocycles. The molecule has 0 unspecified atom stereocenters. The molecule has 140 valence electrons. The van der Waals surface area contributed by atoms with Gasteiger partial charge in [-0.05, 0) is 30.0 Å². The Morgan fingerprint density at radius 1 is 1.07 bits per heavy atom. The number of ether oxygens (including phenoxy) is 1. The van der Waals surface area contributed by atoms with Gasteiger partial charge in [0.25, 0.3) is 5.91 Å². The summed E-state index contributed by atoms with van der Waals surface area (Å²) in [6.45, 7) is 8.49. The maximum absolute atomic E-state index is 12.1. The van der Waals surface area contributed by atoms with Gasteiger partial charge in [-0.15, -0.1) is 11.3 Å². The number of hydrogen-bond donors (Lipinski definition) is 1. The van der Waals surface area contributed by atoms with E-state index in [1.165, 1.54) is 22.5 Å². The predicted octanol–water partition coefficient (Wildman–Crippen LogP) is 5.43. The highest BCUT2D eigenvalue weighted by Gasteiger charge is 2.13. The van der Waals surface area contributed by atoms with Gasteiger partial charge in [0, 0.05) is 10.9 Å². The monoisotopic (exact) mass is 380 g/mol. The van der Waals surface area contributed by atoms with Crippen molar-refractivity contribution >= 4 is 22.4 Å². The van der Waals surface area contributed by atoms with Crippen LogP contribution in [0.15, 0.2) is 53.9 Å². The van der Waals surface area contributed by atoms with Crippen molar-refractivity contribution in [1.29, 1.82) is 0 Å². The van der Waals surface area contributed by atoms with Crippen molar-refractivity contribution in [2.24, 2.45) is 0 Å². The molecule has 5 heteroatoms. The van der Waals surface area contributed by atoms with Crippen LogP contribution in [0.2, 0.25) is 0 Å². The fourth-order valence-electron chi connectivity index (χ4n) is 2.54. The summed E-state index contributed by atoms with van der Waals surface area (Å²) in [6.07, 6.45) is 0. The molecule has 3 rings (SSSR count). The minimum absolute atomic E-state index is 0.0473. The van der Waals surface area contributed by atoms with E-state index in [1.807, 2.05) is 60.8 Å². The Morgan fingerprint density at radius 2 is 1.74 bits per heavy atom. The minimum Gasteiger partial charge on any atom is -0.484 e. The summed E-state index contributed by atoms with van der Waals surface area (Å²) in [5, 5.41) is 5.30. The van der Waals surface area contributed by atoms with Crippen molar-refractivity contribution < 1.29 is 9.53 Å². The molecule has 4 nitrogen and oxygen atoms in total. The van der Waals surface area contributed by atoms with Gasteiger partial charge in [-0.1, -0.05) is 62.7 Å². The molecular weight excluding hydrogens is 356 g/mol. The van der Waals surface area contributed by atoms with Gasteiger partial charge in [0.1, 0.15) is 5.75 Å². The molecule has 1 amide bonds. The first-order chi connectivity index (χ1) is 12.8. The molecule has 27 heavy (non-hydrogen) atoms. The molecule has 0 atom stereocenters. The van der Waals surface area contributed by atoms with Crippen molar-refractivity contribution in [3.05, 3.63) is 65.0 Å². The van der Waals surface area contributed by atoms with Crippen LogP contribution in [0.3, 0.4) is 0 Å². The van der Waals surface area contributed by atoms with Crippen molar-refractivity contribution in [3.8, 4) is 17.0 Å². The molecule has 0 aliphatic heterocycles.